The summed E-state index contributed by atoms with van der Waals surface area (Å²) < 4.78 is 27.4. The van der Waals surface area contributed by atoms with Gasteiger partial charge in [-0.3, -0.25) is 9.59 Å². The molecule has 0 saturated heterocycles. The van der Waals surface area contributed by atoms with E-state index in [1.54, 1.807) is 11.9 Å². The summed E-state index contributed by atoms with van der Waals surface area (Å²) in [5.74, 6) is -2.46. The zero-order valence-corrected chi connectivity index (χ0v) is 15.1. The van der Waals surface area contributed by atoms with Crippen LogP contribution in [0.4, 0.5) is 20.2 Å². The standard InChI is InChI=1S/C21H22F2N2O2/c1-25(16-6-3-2-4-7-16)21(27)15-12-10-14(11-13-15)20(26)24-19-17(22)8-5-9-18(19)23/h2-9,14-15H,10-13H2,1H3,(H,24,26). The number of hydrogen-bond acceptors (Lipinski definition) is 2. The summed E-state index contributed by atoms with van der Waals surface area (Å²) in [6.07, 6.45) is 2.18. The summed E-state index contributed by atoms with van der Waals surface area (Å²) in [5, 5.41) is 2.36. The number of nitrogens with one attached hydrogen (secondary N) is 1. The fourth-order valence-corrected chi connectivity index (χ4v) is 3.50. The molecule has 27 heavy (non-hydrogen) atoms. The number of carbonyl (C=O) groups is 2. The van der Waals surface area contributed by atoms with Gasteiger partial charge in [0, 0.05) is 24.6 Å². The molecule has 0 atom stereocenters. The lowest BCUT2D eigenvalue weighted by Gasteiger charge is -2.30. The zero-order chi connectivity index (χ0) is 19.4. The monoisotopic (exact) mass is 372 g/mol. The summed E-state index contributed by atoms with van der Waals surface area (Å²) in [6.45, 7) is 0. The number of nitrogens with zero attached hydrogens (tertiary/aromatic N) is 1. The Labute approximate surface area is 157 Å². The molecule has 1 aliphatic carbocycles. The van der Waals surface area contributed by atoms with Crippen LogP contribution in [0.15, 0.2) is 48.5 Å². The first kappa shape index (κ1) is 19.0. The van der Waals surface area contributed by atoms with Crippen molar-refractivity contribution in [3.63, 3.8) is 0 Å². The van der Waals surface area contributed by atoms with E-state index in [0.717, 1.165) is 17.8 Å². The van der Waals surface area contributed by atoms with E-state index in [2.05, 4.69) is 5.32 Å². The van der Waals surface area contributed by atoms with Crippen LogP contribution in [0.2, 0.25) is 0 Å². The Morgan fingerprint density at radius 2 is 1.44 bits per heavy atom. The van der Waals surface area contributed by atoms with Crippen LogP contribution < -0.4 is 10.2 Å². The summed E-state index contributed by atoms with van der Waals surface area (Å²) in [7, 11) is 1.75. The molecule has 0 unspecified atom stereocenters. The summed E-state index contributed by atoms with van der Waals surface area (Å²) in [5.41, 5.74) is 0.418. The van der Waals surface area contributed by atoms with Gasteiger partial charge in [0.1, 0.15) is 17.3 Å². The second-order valence-corrected chi connectivity index (χ2v) is 6.87. The van der Waals surface area contributed by atoms with E-state index >= 15 is 0 Å². The Balaban J connectivity index is 1.57. The van der Waals surface area contributed by atoms with Crippen molar-refractivity contribution in [3.8, 4) is 0 Å². The van der Waals surface area contributed by atoms with E-state index in [4.69, 9.17) is 0 Å². The van der Waals surface area contributed by atoms with E-state index in [9.17, 15) is 18.4 Å². The molecule has 2 amide bonds. The Bertz CT molecular complexity index is 798. The lowest BCUT2D eigenvalue weighted by molar-refractivity contribution is -0.126. The van der Waals surface area contributed by atoms with Gasteiger partial charge >= 0.3 is 0 Å². The van der Waals surface area contributed by atoms with Gasteiger partial charge in [0.25, 0.3) is 0 Å². The van der Waals surface area contributed by atoms with Crippen molar-refractivity contribution in [2.24, 2.45) is 11.8 Å². The Morgan fingerprint density at radius 1 is 0.889 bits per heavy atom. The molecule has 142 valence electrons. The second kappa shape index (κ2) is 8.29. The molecule has 0 spiro atoms. The molecule has 1 saturated carbocycles. The number of carbonyl (C=O) groups excluding carboxylic acids is 2. The van der Waals surface area contributed by atoms with Crippen LogP contribution in [-0.2, 0) is 9.59 Å². The van der Waals surface area contributed by atoms with Gasteiger partial charge in [-0.15, -0.1) is 0 Å². The predicted molar refractivity (Wildman–Crippen MR) is 100 cm³/mol. The van der Waals surface area contributed by atoms with Crippen molar-refractivity contribution in [1.82, 2.24) is 0 Å². The molecule has 1 fully saturated rings. The predicted octanol–water partition coefficient (Wildman–Crippen LogP) is 4.37. The lowest BCUT2D eigenvalue weighted by Crippen LogP contribution is -2.36. The van der Waals surface area contributed by atoms with Crippen LogP contribution in [0.5, 0.6) is 0 Å². The molecule has 0 aliphatic heterocycles. The normalized spacial score (nSPS) is 19.4. The number of amides is 2. The molecule has 1 aliphatic rings. The maximum absolute atomic E-state index is 13.7. The fraction of sp³-hybridized carbons (Fsp3) is 0.333. The van der Waals surface area contributed by atoms with E-state index in [0.29, 0.717) is 25.7 Å². The third-order valence-electron chi connectivity index (χ3n) is 5.13. The molecule has 2 aromatic carbocycles. The van der Waals surface area contributed by atoms with Crippen LogP contribution in [0.3, 0.4) is 0 Å². The van der Waals surface area contributed by atoms with Crippen molar-refractivity contribution in [2.45, 2.75) is 25.7 Å². The van der Waals surface area contributed by atoms with E-state index in [1.165, 1.54) is 6.07 Å². The number of anilines is 2. The highest BCUT2D eigenvalue weighted by molar-refractivity contribution is 5.95. The van der Waals surface area contributed by atoms with Crippen molar-refractivity contribution in [2.75, 3.05) is 17.3 Å². The topological polar surface area (TPSA) is 49.4 Å². The van der Waals surface area contributed by atoms with Crippen molar-refractivity contribution in [3.05, 3.63) is 60.2 Å². The van der Waals surface area contributed by atoms with Crippen LogP contribution >= 0.6 is 0 Å². The molecular formula is C21H22F2N2O2. The number of para-hydroxylation sites is 2. The number of rotatable bonds is 4. The van der Waals surface area contributed by atoms with Gasteiger partial charge in [0.15, 0.2) is 0 Å². The smallest absolute Gasteiger partial charge is 0.229 e. The highest BCUT2D eigenvalue weighted by atomic mass is 19.1. The SMILES string of the molecule is CN(C(=O)C1CCC(C(=O)Nc2c(F)cccc2F)CC1)c1ccccc1. The minimum atomic E-state index is -0.795. The third kappa shape index (κ3) is 4.32. The van der Waals surface area contributed by atoms with Gasteiger partial charge in [-0.05, 0) is 49.9 Å². The quantitative estimate of drug-likeness (QED) is 0.866. The average Bonchev–Trinajstić information content (AvgIpc) is 2.70. The van der Waals surface area contributed by atoms with Crippen molar-refractivity contribution < 1.29 is 18.4 Å². The van der Waals surface area contributed by atoms with Gasteiger partial charge in [-0.2, -0.15) is 0 Å². The van der Waals surface area contributed by atoms with E-state index in [-0.39, 0.29) is 17.7 Å². The zero-order valence-electron chi connectivity index (χ0n) is 15.1. The number of benzene rings is 2. The molecule has 2 aromatic rings. The van der Waals surface area contributed by atoms with Crippen LogP contribution in [-0.4, -0.2) is 18.9 Å². The largest absolute Gasteiger partial charge is 0.321 e. The molecule has 0 bridgehead atoms. The third-order valence-corrected chi connectivity index (χ3v) is 5.13. The minimum Gasteiger partial charge on any atom is -0.321 e. The molecule has 0 heterocycles. The molecule has 0 radical (unpaired) electrons. The fourth-order valence-electron chi connectivity index (χ4n) is 3.50. The van der Waals surface area contributed by atoms with Crippen LogP contribution in [0.1, 0.15) is 25.7 Å². The first-order chi connectivity index (χ1) is 13.0. The van der Waals surface area contributed by atoms with Gasteiger partial charge in [-0.25, -0.2) is 8.78 Å². The molecule has 1 N–H and O–H groups in total. The lowest BCUT2D eigenvalue weighted by atomic mass is 9.81. The number of halogens is 2. The molecule has 4 nitrogen and oxygen atoms in total. The highest BCUT2D eigenvalue weighted by Crippen LogP contribution is 2.32. The first-order valence-electron chi connectivity index (χ1n) is 9.05. The Kier molecular flexibility index (Phi) is 5.84. The second-order valence-electron chi connectivity index (χ2n) is 6.87. The Morgan fingerprint density at radius 3 is 2.04 bits per heavy atom. The first-order valence-corrected chi connectivity index (χ1v) is 9.05. The van der Waals surface area contributed by atoms with Crippen LogP contribution in [0.25, 0.3) is 0 Å². The molecule has 0 aromatic heterocycles. The van der Waals surface area contributed by atoms with E-state index < -0.39 is 23.2 Å². The van der Waals surface area contributed by atoms with Gasteiger partial charge in [-0.1, -0.05) is 24.3 Å². The van der Waals surface area contributed by atoms with Gasteiger partial charge in [0.05, 0.1) is 0 Å². The van der Waals surface area contributed by atoms with Gasteiger partial charge < -0.3 is 10.2 Å². The van der Waals surface area contributed by atoms with Crippen molar-refractivity contribution in [1.29, 1.82) is 0 Å². The summed E-state index contributed by atoms with van der Waals surface area (Å²) in [6, 6.07) is 12.9. The maximum atomic E-state index is 13.7. The summed E-state index contributed by atoms with van der Waals surface area (Å²) in [4.78, 5) is 26.7. The summed E-state index contributed by atoms with van der Waals surface area (Å²) >= 11 is 0. The van der Waals surface area contributed by atoms with Gasteiger partial charge in [0.2, 0.25) is 11.8 Å². The Hall–Kier alpha value is -2.76. The van der Waals surface area contributed by atoms with E-state index in [1.807, 2.05) is 30.3 Å². The molecule has 3 rings (SSSR count). The minimum absolute atomic E-state index is 0.0280. The number of hydrogen-bond donors (Lipinski definition) is 1. The van der Waals surface area contributed by atoms with Crippen molar-refractivity contribution >= 4 is 23.2 Å². The highest BCUT2D eigenvalue weighted by Gasteiger charge is 2.32. The average molecular weight is 372 g/mol. The van der Waals surface area contributed by atoms with Crippen LogP contribution in [0, 0.1) is 23.5 Å². The maximum Gasteiger partial charge on any atom is 0.229 e. The molecular weight excluding hydrogens is 350 g/mol. The molecule has 6 heteroatoms.